The molecule has 0 saturated carbocycles. The normalized spacial score (nSPS) is 15.6. The molecule has 3 aromatic carbocycles. The summed E-state index contributed by atoms with van der Waals surface area (Å²) in [6.07, 6.45) is -4.67. The third-order valence-electron chi connectivity index (χ3n) is 5.35. The third-order valence-corrected chi connectivity index (χ3v) is 5.35. The van der Waals surface area contributed by atoms with E-state index in [0.29, 0.717) is 23.3 Å². The molecule has 0 N–H and O–H groups in total. The molecule has 0 bridgehead atoms. The Balaban J connectivity index is 1.52. The first kappa shape index (κ1) is 23.4. The van der Waals surface area contributed by atoms with Gasteiger partial charge in [-0.15, -0.1) is 0 Å². The first-order chi connectivity index (χ1) is 16.2. The van der Waals surface area contributed by atoms with Gasteiger partial charge in [0, 0.05) is 18.5 Å². The smallest absolute Gasteiger partial charge is 0.390 e. The molecule has 1 aliphatic heterocycles. The number of oxime groups is 1. The Labute approximate surface area is 192 Å². The molecule has 0 spiro atoms. The SMILES string of the molecule is O=C(c1cccc(F)c1)N(Cc1ccc(C(F)(F)F)cc1)C[C@@H]1CC(c2ccc(F)cc2)=NO1. The number of benzene rings is 3. The lowest BCUT2D eigenvalue weighted by molar-refractivity contribution is -0.137. The molecular formula is C25H19F5N2O2. The molecule has 1 aliphatic rings. The average molecular weight is 474 g/mol. The number of nitrogens with zero attached hydrogens (tertiary/aromatic N) is 2. The molecule has 9 heteroatoms. The Morgan fingerprint density at radius 2 is 1.68 bits per heavy atom. The van der Waals surface area contributed by atoms with Gasteiger partial charge >= 0.3 is 6.18 Å². The van der Waals surface area contributed by atoms with Crippen LogP contribution >= 0.6 is 0 Å². The van der Waals surface area contributed by atoms with Crippen molar-refractivity contribution >= 4 is 11.6 Å². The molecule has 4 rings (SSSR count). The molecule has 0 aromatic heterocycles. The van der Waals surface area contributed by atoms with Gasteiger partial charge in [-0.1, -0.05) is 35.5 Å². The number of hydrogen-bond acceptors (Lipinski definition) is 3. The first-order valence-corrected chi connectivity index (χ1v) is 10.4. The van der Waals surface area contributed by atoms with Crippen molar-refractivity contribution in [3.8, 4) is 0 Å². The van der Waals surface area contributed by atoms with E-state index >= 15 is 0 Å². The third kappa shape index (κ3) is 5.59. The van der Waals surface area contributed by atoms with Gasteiger partial charge in [-0.3, -0.25) is 4.79 Å². The minimum Gasteiger partial charge on any atom is -0.390 e. The lowest BCUT2D eigenvalue weighted by atomic mass is 10.0. The predicted molar refractivity (Wildman–Crippen MR) is 115 cm³/mol. The standard InChI is InChI=1S/C25H19F5N2O2/c26-20-10-6-17(7-11-20)23-13-22(34-31-23)15-32(24(33)18-2-1-3-21(27)12-18)14-16-4-8-19(9-5-16)25(28,29)30/h1-12,22H,13-15H2/t22-/m0/s1. The lowest BCUT2D eigenvalue weighted by Gasteiger charge is -2.25. The molecule has 1 heterocycles. The lowest BCUT2D eigenvalue weighted by Crippen LogP contribution is -2.37. The van der Waals surface area contributed by atoms with Crippen molar-refractivity contribution in [1.82, 2.24) is 4.90 Å². The molecule has 34 heavy (non-hydrogen) atoms. The number of halogens is 5. The van der Waals surface area contributed by atoms with Gasteiger partial charge in [0.25, 0.3) is 5.91 Å². The Morgan fingerprint density at radius 3 is 2.32 bits per heavy atom. The van der Waals surface area contributed by atoms with Crippen LogP contribution in [-0.2, 0) is 17.6 Å². The quantitative estimate of drug-likeness (QED) is 0.423. The van der Waals surface area contributed by atoms with Crippen LogP contribution in [0.15, 0.2) is 78.0 Å². The molecule has 0 saturated heterocycles. The molecule has 4 nitrogen and oxygen atoms in total. The average Bonchev–Trinajstić information content (AvgIpc) is 3.27. The van der Waals surface area contributed by atoms with E-state index in [9.17, 15) is 26.7 Å². The summed E-state index contributed by atoms with van der Waals surface area (Å²) in [5.41, 5.74) is 1.03. The van der Waals surface area contributed by atoms with Gasteiger partial charge in [-0.25, -0.2) is 8.78 Å². The van der Waals surface area contributed by atoms with Crippen molar-refractivity contribution in [1.29, 1.82) is 0 Å². The molecule has 0 unspecified atom stereocenters. The summed E-state index contributed by atoms with van der Waals surface area (Å²) in [7, 11) is 0. The summed E-state index contributed by atoms with van der Waals surface area (Å²) in [6, 6.07) is 15.4. The van der Waals surface area contributed by atoms with Gasteiger partial charge in [-0.05, 0) is 53.6 Å². The summed E-state index contributed by atoms with van der Waals surface area (Å²) in [5, 5.41) is 4.03. The van der Waals surface area contributed by atoms with E-state index in [1.807, 2.05) is 0 Å². The highest BCUT2D eigenvalue weighted by Crippen LogP contribution is 2.29. The number of carbonyl (C=O) groups is 1. The van der Waals surface area contributed by atoms with E-state index < -0.39 is 29.6 Å². The van der Waals surface area contributed by atoms with E-state index in [1.165, 1.54) is 47.4 Å². The van der Waals surface area contributed by atoms with Crippen LogP contribution in [-0.4, -0.2) is 29.2 Å². The molecule has 3 aromatic rings. The zero-order chi connectivity index (χ0) is 24.3. The highest BCUT2D eigenvalue weighted by Gasteiger charge is 2.31. The fourth-order valence-corrected chi connectivity index (χ4v) is 3.63. The monoisotopic (exact) mass is 474 g/mol. The maximum absolute atomic E-state index is 13.7. The Kier molecular flexibility index (Phi) is 6.63. The first-order valence-electron chi connectivity index (χ1n) is 10.4. The van der Waals surface area contributed by atoms with Crippen molar-refractivity contribution < 1.29 is 31.6 Å². The highest BCUT2D eigenvalue weighted by atomic mass is 19.4. The van der Waals surface area contributed by atoms with Gasteiger partial charge in [-0.2, -0.15) is 13.2 Å². The minimum atomic E-state index is -4.47. The van der Waals surface area contributed by atoms with Gasteiger partial charge in [0.1, 0.15) is 11.6 Å². The van der Waals surface area contributed by atoms with E-state index in [1.54, 1.807) is 12.1 Å². The number of amides is 1. The molecule has 0 aliphatic carbocycles. The van der Waals surface area contributed by atoms with Crippen LogP contribution in [0.1, 0.15) is 33.5 Å². The molecule has 0 radical (unpaired) electrons. The molecular weight excluding hydrogens is 455 g/mol. The fraction of sp³-hybridized carbons (Fsp3) is 0.200. The number of carbonyl (C=O) groups excluding carboxylic acids is 1. The number of hydrogen-bond donors (Lipinski definition) is 0. The summed E-state index contributed by atoms with van der Waals surface area (Å²) < 4.78 is 65.6. The Morgan fingerprint density at radius 1 is 0.971 bits per heavy atom. The second-order valence-corrected chi connectivity index (χ2v) is 7.87. The van der Waals surface area contributed by atoms with Gasteiger partial charge in [0.15, 0.2) is 6.10 Å². The minimum absolute atomic E-state index is 0.0147. The van der Waals surface area contributed by atoms with Crippen molar-refractivity contribution in [2.24, 2.45) is 5.16 Å². The molecule has 1 amide bonds. The van der Waals surface area contributed by atoms with E-state index in [2.05, 4.69) is 5.16 Å². The summed E-state index contributed by atoms with van der Waals surface area (Å²) in [6.45, 7) is 0.0454. The molecule has 176 valence electrons. The fourth-order valence-electron chi connectivity index (χ4n) is 3.63. The van der Waals surface area contributed by atoms with E-state index in [4.69, 9.17) is 4.84 Å². The maximum atomic E-state index is 13.7. The number of alkyl halides is 3. The van der Waals surface area contributed by atoms with Crippen molar-refractivity contribution in [2.75, 3.05) is 6.54 Å². The van der Waals surface area contributed by atoms with Gasteiger partial charge in [0.2, 0.25) is 0 Å². The van der Waals surface area contributed by atoms with Gasteiger partial charge < -0.3 is 9.74 Å². The van der Waals surface area contributed by atoms with Crippen LogP contribution in [0.2, 0.25) is 0 Å². The van der Waals surface area contributed by atoms with Crippen LogP contribution < -0.4 is 0 Å². The zero-order valence-corrected chi connectivity index (χ0v) is 17.7. The summed E-state index contributed by atoms with van der Waals surface area (Å²) in [4.78, 5) is 20.0. The summed E-state index contributed by atoms with van der Waals surface area (Å²) in [5.74, 6) is -1.47. The Hall–Kier alpha value is -3.75. The topological polar surface area (TPSA) is 41.9 Å². The van der Waals surface area contributed by atoms with Crippen LogP contribution in [0.5, 0.6) is 0 Å². The number of rotatable bonds is 6. The van der Waals surface area contributed by atoms with E-state index in [0.717, 1.165) is 18.2 Å². The summed E-state index contributed by atoms with van der Waals surface area (Å²) >= 11 is 0. The second kappa shape index (κ2) is 9.62. The second-order valence-electron chi connectivity index (χ2n) is 7.87. The predicted octanol–water partition coefficient (Wildman–Crippen LogP) is 5.82. The zero-order valence-electron chi connectivity index (χ0n) is 17.7. The molecule has 1 atom stereocenters. The van der Waals surface area contributed by atoms with Crippen LogP contribution in [0.4, 0.5) is 22.0 Å². The maximum Gasteiger partial charge on any atom is 0.416 e. The van der Waals surface area contributed by atoms with Gasteiger partial charge in [0.05, 0.1) is 17.8 Å². The largest absolute Gasteiger partial charge is 0.416 e. The van der Waals surface area contributed by atoms with Crippen molar-refractivity contribution in [3.05, 3.63) is 107 Å². The highest BCUT2D eigenvalue weighted by molar-refractivity contribution is 6.01. The van der Waals surface area contributed by atoms with Crippen LogP contribution in [0.25, 0.3) is 0 Å². The van der Waals surface area contributed by atoms with Crippen LogP contribution in [0.3, 0.4) is 0 Å². The Bertz CT molecular complexity index is 1190. The molecule has 0 fully saturated rings. The van der Waals surface area contributed by atoms with Crippen LogP contribution in [0, 0.1) is 11.6 Å². The van der Waals surface area contributed by atoms with E-state index in [-0.39, 0.29) is 24.5 Å². The van der Waals surface area contributed by atoms with Crippen molar-refractivity contribution in [3.63, 3.8) is 0 Å². The van der Waals surface area contributed by atoms with Crippen molar-refractivity contribution in [2.45, 2.75) is 25.2 Å².